The summed E-state index contributed by atoms with van der Waals surface area (Å²) in [6, 6.07) is 1.89. The molecular weight excluding hydrogens is 244 g/mol. The van der Waals surface area contributed by atoms with Crippen LogP contribution in [0.5, 0.6) is 0 Å². The number of aliphatic hydroxyl groups is 1. The largest absolute Gasteiger partial charge is 0.469 e. The van der Waals surface area contributed by atoms with Gasteiger partial charge < -0.3 is 19.7 Å². The van der Waals surface area contributed by atoms with Crippen LogP contribution in [0.3, 0.4) is 0 Å². The Hall–Kier alpha value is -1.49. The molecule has 0 radical (unpaired) electrons. The lowest BCUT2D eigenvalue weighted by Crippen LogP contribution is -2.41. The molecule has 1 aliphatic carbocycles. The van der Waals surface area contributed by atoms with Crippen molar-refractivity contribution in [3.8, 4) is 0 Å². The second kappa shape index (κ2) is 6.10. The summed E-state index contributed by atoms with van der Waals surface area (Å²) in [5.41, 5.74) is 1.10. The summed E-state index contributed by atoms with van der Waals surface area (Å²) in [5, 5.41) is 12.3. The first-order valence-corrected chi connectivity index (χ1v) is 6.84. The molecule has 5 nitrogen and oxygen atoms in total. The predicted molar refractivity (Wildman–Crippen MR) is 71.8 cm³/mol. The molecule has 2 rings (SSSR count). The summed E-state index contributed by atoms with van der Waals surface area (Å²) in [6.07, 6.45) is 4.82. The third-order valence-corrected chi connectivity index (χ3v) is 3.58. The zero-order chi connectivity index (χ0) is 13.8. The van der Waals surface area contributed by atoms with Gasteiger partial charge in [0.15, 0.2) is 0 Å². The molecule has 0 fully saturated rings. The summed E-state index contributed by atoms with van der Waals surface area (Å²) < 4.78 is 5.41. The first kappa shape index (κ1) is 13.9. The maximum atomic E-state index is 12.1. The lowest BCUT2D eigenvalue weighted by molar-refractivity contribution is 0.162. The fourth-order valence-corrected chi connectivity index (χ4v) is 2.38. The average Bonchev–Trinajstić information content (AvgIpc) is 2.85. The molecule has 0 bridgehead atoms. The maximum Gasteiger partial charge on any atom is 0.317 e. The summed E-state index contributed by atoms with van der Waals surface area (Å²) in [7, 11) is 1.75. The number of aliphatic hydroxyl groups excluding tert-OH is 1. The van der Waals surface area contributed by atoms with E-state index in [2.05, 4.69) is 5.32 Å². The van der Waals surface area contributed by atoms with Gasteiger partial charge in [0.1, 0.15) is 5.76 Å². The van der Waals surface area contributed by atoms with Crippen LogP contribution in [-0.2, 0) is 6.42 Å². The smallest absolute Gasteiger partial charge is 0.317 e. The van der Waals surface area contributed by atoms with E-state index in [-0.39, 0.29) is 18.2 Å². The molecule has 1 aromatic rings. The second-order valence-corrected chi connectivity index (χ2v) is 5.25. The highest BCUT2D eigenvalue weighted by atomic mass is 16.3. The number of hydrogen-bond acceptors (Lipinski definition) is 3. The number of aryl methyl sites for hydroxylation is 1. The van der Waals surface area contributed by atoms with Crippen molar-refractivity contribution >= 4 is 6.03 Å². The first-order valence-electron chi connectivity index (χ1n) is 6.84. The van der Waals surface area contributed by atoms with E-state index in [9.17, 15) is 9.90 Å². The van der Waals surface area contributed by atoms with Gasteiger partial charge >= 0.3 is 6.03 Å². The van der Waals surface area contributed by atoms with Crippen molar-refractivity contribution in [2.24, 2.45) is 0 Å². The summed E-state index contributed by atoms with van der Waals surface area (Å²) in [4.78, 5) is 13.7. The third kappa shape index (κ3) is 3.50. The lowest BCUT2D eigenvalue weighted by Gasteiger charge is -2.26. The van der Waals surface area contributed by atoms with E-state index in [0.717, 1.165) is 30.6 Å². The highest BCUT2D eigenvalue weighted by molar-refractivity contribution is 5.74. The molecule has 0 aromatic carbocycles. The van der Waals surface area contributed by atoms with Crippen LogP contribution in [0.1, 0.15) is 43.6 Å². The highest BCUT2D eigenvalue weighted by Gasteiger charge is 2.24. The molecule has 0 aliphatic heterocycles. The molecule has 2 amide bonds. The van der Waals surface area contributed by atoms with E-state index in [1.54, 1.807) is 25.1 Å². The molecule has 0 spiro atoms. The van der Waals surface area contributed by atoms with Crippen LogP contribution in [-0.4, -0.2) is 35.7 Å². The average molecular weight is 266 g/mol. The number of nitrogens with zero attached hydrogens (tertiary/aromatic N) is 1. The molecule has 19 heavy (non-hydrogen) atoms. The lowest BCUT2D eigenvalue weighted by atomic mass is 9.93. The summed E-state index contributed by atoms with van der Waals surface area (Å²) in [5.74, 6) is 0.989. The number of hydrogen-bond donors (Lipinski definition) is 2. The SMILES string of the molecule is CC(O)CCN(C)C(=O)NC1CCCc2occc21. The van der Waals surface area contributed by atoms with E-state index in [4.69, 9.17) is 4.42 Å². The standard InChI is InChI=1S/C14H22N2O3/c1-10(17)6-8-16(2)14(18)15-12-4-3-5-13-11(12)7-9-19-13/h7,9-10,12,17H,3-6,8H2,1-2H3,(H,15,18). The fourth-order valence-electron chi connectivity index (χ4n) is 2.38. The highest BCUT2D eigenvalue weighted by Crippen LogP contribution is 2.30. The topological polar surface area (TPSA) is 65.7 Å². The van der Waals surface area contributed by atoms with E-state index < -0.39 is 0 Å². The van der Waals surface area contributed by atoms with E-state index >= 15 is 0 Å². The van der Waals surface area contributed by atoms with Gasteiger partial charge in [-0.1, -0.05) is 0 Å². The molecule has 1 aromatic heterocycles. The second-order valence-electron chi connectivity index (χ2n) is 5.25. The number of carbonyl (C=O) groups is 1. The molecule has 1 aliphatic rings. The van der Waals surface area contributed by atoms with Gasteiger partial charge in [-0.25, -0.2) is 4.79 Å². The minimum Gasteiger partial charge on any atom is -0.469 e. The van der Waals surface area contributed by atoms with Crippen LogP contribution >= 0.6 is 0 Å². The molecule has 2 unspecified atom stereocenters. The predicted octanol–water partition coefficient (Wildman–Crippen LogP) is 2.07. The molecule has 2 N–H and O–H groups in total. The van der Waals surface area contributed by atoms with Crippen molar-refractivity contribution in [2.45, 2.75) is 44.8 Å². The molecule has 1 heterocycles. The van der Waals surface area contributed by atoms with Crippen molar-refractivity contribution in [2.75, 3.05) is 13.6 Å². The number of furan rings is 1. The minimum absolute atomic E-state index is 0.0454. The molecule has 5 heteroatoms. The quantitative estimate of drug-likeness (QED) is 0.876. The number of carbonyl (C=O) groups excluding carboxylic acids is 1. The Morgan fingerprint density at radius 3 is 3.21 bits per heavy atom. The van der Waals surface area contributed by atoms with E-state index in [1.807, 2.05) is 6.07 Å². The molecular formula is C14H22N2O3. The summed E-state index contributed by atoms with van der Waals surface area (Å²) in [6.45, 7) is 2.28. The fraction of sp³-hybridized carbons (Fsp3) is 0.643. The van der Waals surface area contributed by atoms with Crippen molar-refractivity contribution in [1.82, 2.24) is 10.2 Å². The molecule has 0 saturated carbocycles. The van der Waals surface area contributed by atoms with Gasteiger partial charge in [-0.15, -0.1) is 0 Å². The van der Waals surface area contributed by atoms with Crippen LogP contribution in [0, 0.1) is 0 Å². The zero-order valence-corrected chi connectivity index (χ0v) is 11.6. The van der Waals surface area contributed by atoms with Crippen LogP contribution < -0.4 is 5.32 Å². The Morgan fingerprint density at radius 1 is 1.68 bits per heavy atom. The molecule has 0 saturated heterocycles. The van der Waals surface area contributed by atoms with Gasteiger partial charge in [0.05, 0.1) is 18.4 Å². The van der Waals surface area contributed by atoms with Gasteiger partial charge in [0.25, 0.3) is 0 Å². The normalized spacial score (nSPS) is 19.6. The Bertz CT molecular complexity index is 428. The van der Waals surface area contributed by atoms with Crippen molar-refractivity contribution in [3.05, 3.63) is 23.7 Å². The van der Waals surface area contributed by atoms with Crippen LogP contribution in [0.25, 0.3) is 0 Å². The van der Waals surface area contributed by atoms with Gasteiger partial charge in [-0.2, -0.15) is 0 Å². The van der Waals surface area contributed by atoms with Crippen molar-refractivity contribution in [3.63, 3.8) is 0 Å². The third-order valence-electron chi connectivity index (χ3n) is 3.58. The Kier molecular flexibility index (Phi) is 4.47. The number of rotatable bonds is 4. The Morgan fingerprint density at radius 2 is 2.47 bits per heavy atom. The maximum absolute atomic E-state index is 12.1. The number of urea groups is 1. The number of fused-ring (bicyclic) bond motifs is 1. The number of amides is 2. The Labute approximate surface area is 113 Å². The van der Waals surface area contributed by atoms with Crippen molar-refractivity contribution in [1.29, 1.82) is 0 Å². The summed E-state index contributed by atoms with van der Waals surface area (Å²) >= 11 is 0. The van der Waals surface area contributed by atoms with Gasteiger partial charge in [-0.05, 0) is 32.3 Å². The first-order chi connectivity index (χ1) is 9.08. The van der Waals surface area contributed by atoms with Crippen LogP contribution in [0.2, 0.25) is 0 Å². The monoisotopic (exact) mass is 266 g/mol. The molecule has 106 valence electrons. The zero-order valence-electron chi connectivity index (χ0n) is 11.6. The Balaban J connectivity index is 1.90. The van der Waals surface area contributed by atoms with E-state index in [1.165, 1.54) is 0 Å². The van der Waals surface area contributed by atoms with Crippen LogP contribution in [0.15, 0.2) is 16.7 Å². The number of nitrogens with one attached hydrogen (secondary N) is 1. The van der Waals surface area contributed by atoms with Crippen molar-refractivity contribution < 1.29 is 14.3 Å². The minimum atomic E-state index is -0.384. The van der Waals surface area contributed by atoms with E-state index in [0.29, 0.717) is 13.0 Å². The molecule has 2 atom stereocenters. The van der Waals surface area contributed by atoms with Gasteiger partial charge in [-0.3, -0.25) is 0 Å². The van der Waals surface area contributed by atoms with Crippen LogP contribution in [0.4, 0.5) is 4.79 Å². The van der Waals surface area contributed by atoms with Gasteiger partial charge in [0.2, 0.25) is 0 Å². The van der Waals surface area contributed by atoms with Gasteiger partial charge in [0, 0.05) is 25.6 Å².